The van der Waals surface area contributed by atoms with E-state index in [0.717, 1.165) is 0 Å². The van der Waals surface area contributed by atoms with Gasteiger partial charge < -0.3 is 24.0 Å². The summed E-state index contributed by atoms with van der Waals surface area (Å²) in [5.41, 5.74) is -1.47. The summed E-state index contributed by atoms with van der Waals surface area (Å²) in [6.07, 6.45) is -2.57. The second-order valence-corrected chi connectivity index (χ2v) is 7.19. The highest BCUT2D eigenvalue weighted by Gasteiger charge is 2.51. The molecule has 3 unspecified atom stereocenters. The normalized spacial score (nSPS) is 36.2. The van der Waals surface area contributed by atoms with Crippen LogP contribution in [0.4, 0.5) is 4.39 Å². The molecule has 0 aromatic carbocycles. The topological polar surface area (TPSA) is 85.2 Å². The standard InChI is InChI=1S/C11H23BFO6P/c1-4-17-20(16,18-5-2)8(13)6-7-9(14)11(3,15)10(12)19-7/h7-10,14-15H,4-6,12H2,1-3H3/t7-,8?,9?,10-,11?/m1/s1. The smallest absolute Gasteiger partial charge is 0.364 e. The maximum atomic E-state index is 14.2. The molecule has 0 aliphatic carbocycles. The molecule has 1 rings (SSSR count). The monoisotopic (exact) mass is 312 g/mol. The Morgan fingerprint density at radius 2 is 1.95 bits per heavy atom. The summed E-state index contributed by atoms with van der Waals surface area (Å²) in [5.74, 6) is -1.91. The molecule has 6 nitrogen and oxygen atoms in total. The molecule has 0 bridgehead atoms. The lowest BCUT2D eigenvalue weighted by atomic mass is 9.82. The number of aliphatic hydroxyl groups excluding tert-OH is 1. The maximum Gasteiger partial charge on any atom is 0.364 e. The van der Waals surface area contributed by atoms with Crippen molar-refractivity contribution in [3.05, 3.63) is 0 Å². The Bertz CT molecular complexity index is 359. The average molecular weight is 312 g/mol. The van der Waals surface area contributed by atoms with Gasteiger partial charge in [-0.25, -0.2) is 4.39 Å². The van der Waals surface area contributed by atoms with Crippen molar-refractivity contribution >= 4 is 15.4 Å². The van der Waals surface area contributed by atoms with Crippen LogP contribution in [0.15, 0.2) is 0 Å². The zero-order valence-corrected chi connectivity index (χ0v) is 13.2. The fraction of sp³-hybridized carbons (Fsp3) is 1.00. The number of aliphatic hydroxyl groups is 2. The Hall–Kier alpha value is 0.0249. The highest BCUT2D eigenvalue weighted by Crippen LogP contribution is 2.55. The molecule has 0 radical (unpaired) electrons. The third-order valence-electron chi connectivity index (χ3n) is 3.54. The minimum Gasteiger partial charge on any atom is -0.387 e. The van der Waals surface area contributed by atoms with E-state index in [9.17, 15) is 19.2 Å². The summed E-state index contributed by atoms with van der Waals surface area (Å²) in [5, 5.41) is 19.9. The fourth-order valence-corrected chi connectivity index (χ4v) is 3.74. The molecule has 1 heterocycles. The molecule has 20 heavy (non-hydrogen) atoms. The quantitative estimate of drug-likeness (QED) is 0.523. The number of hydrogen-bond acceptors (Lipinski definition) is 6. The zero-order valence-electron chi connectivity index (χ0n) is 12.3. The summed E-state index contributed by atoms with van der Waals surface area (Å²) in [4.78, 5) is 0. The first-order valence-electron chi connectivity index (χ1n) is 6.77. The van der Waals surface area contributed by atoms with Gasteiger partial charge in [0.25, 0.3) is 0 Å². The van der Waals surface area contributed by atoms with Crippen molar-refractivity contribution in [3.8, 4) is 0 Å². The molecule has 0 aromatic rings. The number of ether oxygens (including phenoxy) is 1. The van der Waals surface area contributed by atoms with Crippen LogP contribution in [0, 0.1) is 0 Å². The van der Waals surface area contributed by atoms with Crippen LogP contribution in [0.1, 0.15) is 27.2 Å². The molecule has 1 fully saturated rings. The van der Waals surface area contributed by atoms with Crippen molar-refractivity contribution < 1.29 is 33.0 Å². The van der Waals surface area contributed by atoms with E-state index in [-0.39, 0.29) is 19.6 Å². The third kappa shape index (κ3) is 3.61. The van der Waals surface area contributed by atoms with Crippen LogP contribution in [0.5, 0.6) is 0 Å². The van der Waals surface area contributed by atoms with E-state index in [2.05, 4.69) is 0 Å². The largest absolute Gasteiger partial charge is 0.387 e. The molecule has 1 aliphatic rings. The highest BCUT2D eigenvalue weighted by atomic mass is 31.2. The van der Waals surface area contributed by atoms with Gasteiger partial charge in [-0.15, -0.1) is 0 Å². The lowest BCUT2D eigenvalue weighted by molar-refractivity contribution is -0.0437. The van der Waals surface area contributed by atoms with Gasteiger partial charge >= 0.3 is 7.60 Å². The van der Waals surface area contributed by atoms with Crippen molar-refractivity contribution in [2.45, 2.75) is 56.9 Å². The first kappa shape index (κ1) is 18.1. The second kappa shape index (κ2) is 6.86. The first-order chi connectivity index (χ1) is 9.19. The van der Waals surface area contributed by atoms with Gasteiger partial charge in [-0.05, 0) is 20.8 Å². The molecule has 0 amide bonds. The van der Waals surface area contributed by atoms with Gasteiger partial charge in [0.1, 0.15) is 19.6 Å². The van der Waals surface area contributed by atoms with Gasteiger partial charge in [-0.2, -0.15) is 0 Å². The average Bonchev–Trinajstić information content (AvgIpc) is 2.54. The van der Waals surface area contributed by atoms with Crippen LogP contribution < -0.4 is 0 Å². The Morgan fingerprint density at radius 3 is 2.30 bits per heavy atom. The van der Waals surface area contributed by atoms with Crippen molar-refractivity contribution in [1.29, 1.82) is 0 Å². The van der Waals surface area contributed by atoms with Gasteiger partial charge in [0.05, 0.1) is 25.3 Å². The number of alkyl halides is 1. The van der Waals surface area contributed by atoms with Crippen LogP contribution in [0.2, 0.25) is 0 Å². The Labute approximate surface area is 119 Å². The van der Waals surface area contributed by atoms with Crippen molar-refractivity contribution in [1.82, 2.24) is 0 Å². The van der Waals surface area contributed by atoms with E-state index in [1.807, 2.05) is 0 Å². The molecule has 0 aromatic heterocycles. The Balaban J connectivity index is 2.75. The van der Waals surface area contributed by atoms with Gasteiger partial charge in [-0.1, -0.05) is 0 Å². The SMILES string of the molecule is B[C@@H]1O[C@H](CC(F)P(=O)(OCC)OCC)C(O)C1(C)O. The maximum absolute atomic E-state index is 14.2. The van der Waals surface area contributed by atoms with E-state index in [1.165, 1.54) is 6.92 Å². The molecule has 0 saturated carbocycles. The predicted octanol–water partition coefficient (Wildman–Crippen LogP) is 0.408. The summed E-state index contributed by atoms with van der Waals surface area (Å²) < 4.78 is 41.6. The van der Waals surface area contributed by atoms with Crippen LogP contribution in [-0.4, -0.2) is 61.0 Å². The molecule has 118 valence electrons. The van der Waals surface area contributed by atoms with Crippen molar-refractivity contribution in [3.63, 3.8) is 0 Å². The van der Waals surface area contributed by atoms with Crippen LogP contribution in [-0.2, 0) is 18.3 Å². The summed E-state index contributed by atoms with van der Waals surface area (Å²) in [7, 11) is -2.31. The predicted molar refractivity (Wildman–Crippen MR) is 74.2 cm³/mol. The lowest BCUT2D eigenvalue weighted by Crippen LogP contribution is -2.45. The van der Waals surface area contributed by atoms with Gasteiger partial charge in [0, 0.05) is 6.42 Å². The molecule has 0 spiro atoms. The van der Waals surface area contributed by atoms with E-state index >= 15 is 0 Å². The van der Waals surface area contributed by atoms with E-state index in [4.69, 9.17) is 13.8 Å². The van der Waals surface area contributed by atoms with Crippen LogP contribution >= 0.6 is 7.60 Å². The molecular formula is C11H23BFO6P. The first-order valence-corrected chi connectivity index (χ1v) is 8.39. The van der Waals surface area contributed by atoms with Crippen molar-refractivity contribution in [2.24, 2.45) is 0 Å². The van der Waals surface area contributed by atoms with E-state index < -0.39 is 37.3 Å². The van der Waals surface area contributed by atoms with E-state index in [0.29, 0.717) is 0 Å². The van der Waals surface area contributed by atoms with Gasteiger partial charge in [0.2, 0.25) is 5.91 Å². The summed E-state index contributed by atoms with van der Waals surface area (Å²) >= 11 is 0. The van der Waals surface area contributed by atoms with Crippen molar-refractivity contribution in [2.75, 3.05) is 13.2 Å². The zero-order chi connectivity index (χ0) is 15.6. The molecule has 1 saturated heterocycles. The van der Waals surface area contributed by atoms with E-state index in [1.54, 1.807) is 21.7 Å². The molecular weight excluding hydrogens is 289 g/mol. The van der Waals surface area contributed by atoms with Gasteiger partial charge in [0.15, 0.2) is 0 Å². The Kier molecular flexibility index (Phi) is 6.20. The number of hydrogen-bond donors (Lipinski definition) is 2. The second-order valence-electron chi connectivity index (χ2n) is 5.03. The summed E-state index contributed by atoms with van der Waals surface area (Å²) in [6.45, 7) is 4.71. The number of halogens is 1. The van der Waals surface area contributed by atoms with Crippen LogP contribution in [0.3, 0.4) is 0 Å². The molecule has 5 atom stereocenters. The highest BCUT2D eigenvalue weighted by molar-refractivity contribution is 7.54. The minimum absolute atomic E-state index is 0.0554. The molecule has 9 heteroatoms. The van der Waals surface area contributed by atoms with Gasteiger partial charge in [-0.3, -0.25) is 4.57 Å². The Morgan fingerprint density at radius 1 is 1.45 bits per heavy atom. The summed E-state index contributed by atoms with van der Waals surface area (Å²) in [6, 6.07) is -0.645. The lowest BCUT2D eigenvalue weighted by Gasteiger charge is -2.26. The fourth-order valence-electron chi connectivity index (χ4n) is 2.16. The number of rotatable bonds is 7. The molecule has 2 N–H and O–H groups in total. The third-order valence-corrected chi connectivity index (χ3v) is 5.67. The molecule has 1 aliphatic heterocycles. The minimum atomic E-state index is -3.89. The van der Waals surface area contributed by atoms with Crippen LogP contribution in [0.25, 0.3) is 0 Å².